The van der Waals surface area contributed by atoms with Crippen LogP contribution in [0.15, 0.2) is 35.1 Å². The number of hydrogen-bond donors (Lipinski definition) is 0. The topological polar surface area (TPSA) is 29.3 Å². The van der Waals surface area contributed by atoms with E-state index in [-0.39, 0.29) is 0 Å². The lowest BCUT2D eigenvalue weighted by Crippen LogP contribution is -2.44. The molecule has 3 rings (SSSR count). The van der Waals surface area contributed by atoms with Gasteiger partial charge in [0, 0.05) is 24.0 Å². The van der Waals surface area contributed by atoms with E-state index < -0.39 is 0 Å². The van der Waals surface area contributed by atoms with Gasteiger partial charge in [0.15, 0.2) is 6.39 Å². The second kappa shape index (κ2) is 4.75. The zero-order chi connectivity index (χ0) is 12.5. The lowest BCUT2D eigenvalue weighted by atomic mass is 9.91. The van der Waals surface area contributed by atoms with Gasteiger partial charge in [-0.2, -0.15) is 0 Å². The van der Waals surface area contributed by atoms with Crippen molar-refractivity contribution in [2.45, 2.75) is 19.4 Å². The third-order valence-electron chi connectivity index (χ3n) is 3.49. The van der Waals surface area contributed by atoms with Gasteiger partial charge in [0.05, 0.1) is 12.2 Å². The zero-order valence-electron chi connectivity index (χ0n) is 10.3. The molecule has 94 valence electrons. The van der Waals surface area contributed by atoms with E-state index >= 15 is 0 Å². The van der Waals surface area contributed by atoms with Gasteiger partial charge in [0.1, 0.15) is 5.76 Å². The highest BCUT2D eigenvalue weighted by molar-refractivity contribution is 6.30. The van der Waals surface area contributed by atoms with Crippen molar-refractivity contribution in [3.05, 3.63) is 52.7 Å². The van der Waals surface area contributed by atoms with Crippen LogP contribution >= 0.6 is 11.6 Å². The van der Waals surface area contributed by atoms with Crippen molar-refractivity contribution in [2.24, 2.45) is 0 Å². The largest absolute Gasteiger partial charge is 0.447 e. The molecule has 1 aromatic heterocycles. The summed E-state index contributed by atoms with van der Waals surface area (Å²) in [6.07, 6.45) is 1.51. The average Bonchev–Trinajstić information content (AvgIpc) is 2.69. The number of nitrogens with zero attached hydrogens (tertiary/aromatic N) is 2. The van der Waals surface area contributed by atoms with Crippen molar-refractivity contribution in [3.63, 3.8) is 0 Å². The Bertz CT molecular complexity index is 546. The maximum Gasteiger partial charge on any atom is 0.181 e. The molecule has 0 atom stereocenters. The zero-order valence-corrected chi connectivity index (χ0v) is 11.0. The highest BCUT2D eigenvalue weighted by Crippen LogP contribution is 2.29. The summed E-state index contributed by atoms with van der Waals surface area (Å²) < 4.78 is 5.36. The number of aryl methyl sites for hydroxylation is 1. The Balaban J connectivity index is 1.59. The average molecular weight is 263 g/mol. The Labute approximate surface area is 111 Å². The van der Waals surface area contributed by atoms with Gasteiger partial charge in [-0.15, -0.1) is 0 Å². The molecule has 0 radical (unpaired) electrons. The van der Waals surface area contributed by atoms with E-state index in [1.165, 1.54) is 12.0 Å². The van der Waals surface area contributed by atoms with Gasteiger partial charge >= 0.3 is 0 Å². The van der Waals surface area contributed by atoms with Crippen LogP contribution in [0.2, 0.25) is 5.02 Å². The number of likely N-dealkylation sites (tertiary alicyclic amines) is 1. The maximum atomic E-state index is 6.01. The molecule has 0 amide bonds. The Morgan fingerprint density at radius 3 is 2.94 bits per heavy atom. The molecule has 0 bridgehead atoms. The number of benzene rings is 1. The molecule has 1 aromatic carbocycles. The third-order valence-corrected chi connectivity index (χ3v) is 3.72. The maximum absolute atomic E-state index is 6.01. The van der Waals surface area contributed by atoms with Crippen LogP contribution in [0.25, 0.3) is 0 Å². The smallest absolute Gasteiger partial charge is 0.181 e. The first-order chi connectivity index (χ1) is 8.72. The quantitative estimate of drug-likeness (QED) is 0.850. The number of hydrogen-bond acceptors (Lipinski definition) is 3. The number of rotatable bonds is 3. The first kappa shape index (κ1) is 11.8. The minimum absolute atomic E-state index is 0.590. The number of oxazole rings is 1. The standard InChI is InChI=1S/C14H15ClN2O/c1-10-14(18-9-16-10)8-17-6-12(7-17)11-3-2-4-13(15)5-11/h2-5,9,12H,6-8H2,1H3. The van der Waals surface area contributed by atoms with Crippen molar-refractivity contribution in [1.82, 2.24) is 9.88 Å². The van der Waals surface area contributed by atoms with E-state index in [1.807, 2.05) is 19.1 Å². The Kier molecular flexibility index (Phi) is 3.10. The molecule has 0 aliphatic carbocycles. The van der Waals surface area contributed by atoms with Crippen LogP contribution in [0.3, 0.4) is 0 Å². The van der Waals surface area contributed by atoms with Crippen LogP contribution in [0.4, 0.5) is 0 Å². The van der Waals surface area contributed by atoms with Gasteiger partial charge in [0.2, 0.25) is 0 Å². The predicted molar refractivity (Wildman–Crippen MR) is 70.7 cm³/mol. The van der Waals surface area contributed by atoms with E-state index in [9.17, 15) is 0 Å². The summed E-state index contributed by atoms with van der Waals surface area (Å²) in [5, 5.41) is 0.817. The van der Waals surface area contributed by atoms with E-state index in [2.05, 4.69) is 22.0 Å². The first-order valence-corrected chi connectivity index (χ1v) is 6.47. The fourth-order valence-electron chi connectivity index (χ4n) is 2.35. The molecular weight excluding hydrogens is 248 g/mol. The molecule has 2 aromatic rings. The second-order valence-corrected chi connectivity index (χ2v) is 5.24. The molecule has 1 saturated heterocycles. The van der Waals surface area contributed by atoms with Crippen LogP contribution in [-0.4, -0.2) is 23.0 Å². The summed E-state index contributed by atoms with van der Waals surface area (Å²) in [7, 11) is 0. The first-order valence-electron chi connectivity index (χ1n) is 6.09. The van der Waals surface area contributed by atoms with Crippen molar-refractivity contribution >= 4 is 11.6 Å². The molecule has 0 N–H and O–H groups in total. The molecule has 0 spiro atoms. The molecule has 3 nitrogen and oxygen atoms in total. The Morgan fingerprint density at radius 2 is 2.28 bits per heavy atom. The number of aromatic nitrogens is 1. The fourth-order valence-corrected chi connectivity index (χ4v) is 2.55. The highest BCUT2D eigenvalue weighted by atomic mass is 35.5. The summed E-state index contributed by atoms with van der Waals surface area (Å²) in [5.41, 5.74) is 2.31. The molecule has 2 heterocycles. The van der Waals surface area contributed by atoms with Crippen LogP contribution in [0, 0.1) is 6.92 Å². The van der Waals surface area contributed by atoms with Gasteiger partial charge in [-0.25, -0.2) is 4.98 Å². The van der Waals surface area contributed by atoms with Gasteiger partial charge in [-0.3, -0.25) is 4.90 Å². The molecular formula is C14H15ClN2O. The van der Waals surface area contributed by atoms with Gasteiger partial charge in [-0.05, 0) is 24.6 Å². The van der Waals surface area contributed by atoms with Gasteiger partial charge in [0.25, 0.3) is 0 Å². The molecule has 0 unspecified atom stereocenters. The van der Waals surface area contributed by atoms with Crippen molar-refractivity contribution in [1.29, 1.82) is 0 Å². The van der Waals surface area contributed by atoms with Crippen LogP contribution in [0.5, 0.6) is 0 Å². The van der Waals surface area contributed by atoms with E-state index in [1.54, 1.807) is 0 Å². The predicted octanol–water partition coefficient (Wildman–Crippen LogP) is 3.24. The molecule has 1 aliphatic heterocycles. The molecule has 18 heavy (non-hydrogen) atoms. The summed E-state index contributed by atoms with van der Waals surface area (Å²) >= 11 is 6.01. The Hall–Kier alpha value is -1.32. The summed E-state index contributed by atoms with van der Waals surface area (Å²) in [4.78, 5) is 6.47. The minimum Gasteiger partial charge on any atom is -0.447 e. The highest BCUT2D eigenvalue weighted by Gasteiger charge is 2.29. The Morgan fingerprint density at radius 1 is 1.44 bits per heavy atom. The van der Waals surface area contributed by atoms with Crippen molar-refractivity contribution in [2.75, 3.05) is 13.1 Å². The molecule has 1 fully saturated rings. The van der Waals surface area contributed by atoms with E-state index in [0.29, 0.717) is 5.92 Å². The SMILES string of the molecule is Cc1ncoc1CN1CC(c2cccc(Cl)c2)C1. The van der Waals surface area contributed by atoms with Crippen molar-refractivity contribution in [3.8, 4) is 0 Å². The lowest BCUT2D eigenvalue weighted by molar-refractivity contribution is 0.128. The van der Waals surface area contributed by atoms with Gasteiger partial charge in [-0.1, -0.05) is 23.7 Å². The summed E-state index contributed by atoms with van der Waals surface area (Å²) in [6.45, 7) is 4.94. The van der Waals surface area contributed by atoms with Crippen LogP contribution in [-0.2, 0) is 6.54 Å². The summed E-state index contributed by atoms with van der Waals surface area (Å²) in [5.74, 6) is 1.56. The lowest BCUT2D eigenvalue weighted by Gasteiger charge is -2.39. The third kappa shape index (κ3) is 2.28. The molecule has 1 aliphatic rings. The summed E-state index contributed by atoms with van der Waals surface area (Å²) in [6, 6.07) is 8.14. The van der Waals surface area contributed by atoms with Crippen molar-refractivity contribution < 1.29 is 4.42 Å². The van der Waals surface area contributed by atoms with Gasteiger partial charge < -0.3 is 4.42 Å². The minimum atomic E-state index is 0.590. The number of halogens is 1. The van der Waals surface area contributed by atoms with Crippen LogP contribution < -0.4 is 0 Å². The second-order valence-electron chi connectivity index (χ2n) is 4.81. The molecule has 0 saturated carbocycles. The normalized spacial score (nSPS) is 16.8. The molecule has 4 heteroatoms. The monoisotopic (exact) mass is 262 g/mol. The fraction of sp³-hybridized carbons (Fsp3) is 0.357. The van der Waals surface area contributed by atoms with E-state index in [4.69, 9.17) is 16.0 Å². The van der Waals surface area contributed by atoms with E-state index in [0.717, 1.165) is 36.1 Å². The van der Waals surface area contributed by atoms with Crippen LogP contribution in [0.1, 0.15) is 22.9 Å².